The number of nitrogens with one attached hydrogen (secondary N) is 3. The van der Waals surface area contributed by atoms with Gasteiger partial charge in [-0.05, 0) is 78.9 Å². The molecular formula is C30H29F3N4O3. The SMILES string of the molecule is CNC(=O)c1cccc(-c2cccc(CC(O)(C(=O)Nc3ccc(C#N)c(C(F)(F)F)c3)C3CCNCC3)c2)c1. The highest BCUT2D eigenvalue weighted by atomic mass is 19.4. The Bertz CT molecular complexity index is 1440. The smallest absolute Gasteiger partial charge is 0.379 e. The summed E-state index contributed by atoms with van der Waals surface area (Å²) in [7, 11) is 1.55. The number of halogens is 3. The Kier molecular flexibility index (Phi) is 8.57. The lowest BCUT2D eigenvalue weighted by Gasteiger charge is -2.37. The van der Waals surface area contributed by atoms with Crippen LogP contribution in [-0.4, -0.2) is 42.7 Å². The number of aliphatic hydroxyl groups is 1. The van der Waals surface area contributed by atoms with Crippen LogP contribution in [0.3, 0.4) is 0 Å². The van der Waals surface area contributed by atoms with Crippen molar-refractivity contribution in [2.45, 2.75) is 31.0 Å². The summed E-state index contributed by atoms with van der Waals surface area (Å²) in [5, 5.41) is 29.2. The molecule has 3 aromatic rings. The molecule has 1 heterocycles. The van der Waals surface area contributed by atoms with E-state index in [-0.39, 0.29) is 18.0 Å². The molecular weight excluding hydrogens is 521 g/mol. The molecule has 0 bridgehead atoms. The van der Waals surface area contributed by atoms with Crippen LogP contribution in [0.5, 0.6) is 0 Å². The van der Waals surface area contributed by atoms with E-state index >= 15 is 0 Å². The molecule has 40 heavy (non-hydrogen) atoms. The number of carbonyl (C=O) groups is 2. The van der Waals surface area contributed by atoms with Gasteiger partial charge in [-0.15, -0.1) is 0 Å². The molecule has 4 rings (SSSR count). The third kappa shape index (κ3) is 6.33. The van der Waals surface area contributed by atoms with E-state index in [1.807, 2.05) is 18.2 Å². The number of amides is 2. The molecule has 1 unspecified atom stereocenters. The fourth-order valence-corrected chi connectivity index (χ4v) is 5.06. The molecule has 1 atom stereocenters. The number of carbonyl (C=O) groups excluding carboxylic acids is 2. The van der Waals surface area contributed by atoms with Gasteiger partial charge in [0.2, 0.25) is 0 Å². The van der Waals surface area contributed by atoms with Gasteiger partial charge in [0.1, 0.15) is 5.60 Å². The van der Waals surface area contributed by atoms with Crippen molar-refractivity contribution in [3.63, 3.8) is 0 Å². The maximum absolute atomic E-state index is 13.6. The van der Waals surface area contributed by atoms with Crippen molar-refractivity contribution in [3.05, 3.63) is 89.0 Å². The summed E-state index contributed by atoms with van der Waals surface area (Å²) in [5.74, 6) is -1.50. The molecule has 3 aromatic carbocycles. The monoisotopic (exact) mass is 550 g/mol. The number of nitriles is 1. The van der Waals surface area contributed by atoms with Crippen LogP contribution >= 0.6 is 0 Å². The molecule has 1 aliphatic rings. The lowest BCUT2D eigenvalue weighted by Crippen LogP contribution is -2.53. The maximum Gasteiger partial charge on any atom is 0.417 e. The summed E-state index contributed by atoms with van der Waals surface area (Å²) in [5.41, 5.74) is -1.12. The lowest BCUT2D eigenvalue weighted by molar-refractivity contribution is -0.141. The summed E-state index contributed by atoms with van der Waals surface area (Å²) >= 11 is 0. The molecule has 4 N–H and O–H groups in total. The summed E-state index contributed by atoms with van der Waals surface area (Å²) < 4.78 is 40.5. The Balaban J connectivity index is 1.66. The van der Waals surface area contributed by atoms with Gasteiger partial charge in [0.25, 0.3) is 11.8 Å². The van der Waals surface area contributed by atoms with Gasteiger partial charge in [0.15, 0.2) is 0 Å². The summed E-state index contributed by atoms with van der Waals surface area (Å²) in [4.78, 5) is 25.7. The second kappa shape index (κ2) is 11.9. The van der Waals surface area contributed by atoms with Crippen LogP contribution < -0.4 is 16.0 Å². The third-order valence-corrected chi connectivity index (χ3v) is 7.20. The highest BCUT2D eigenvalue weighted by Crippen LogP contribution is 2.35. The first-order chi connectivity index (χ1) is 19.0. The first-order valence-electron chi connectivity index (χ1n) is 12.8. The number of alkyl halides is 3. The second-order valence-electron chi connectivity index (χ2n) is 9.81. The predicted molar refractivity (Wildman–Crippen MR) is 144 cm³/mol. The zero-order valence-corrected chi connectivity index (χ0v) is 21.8. The van der Waals surface area contributed by atoms with Gasteiger partial charge >= 0.3 is 6.18 Å². The van der Waals surface area contributed by atoms with Crippen molar-refractivity contribution >= 4 is 17.5 Å². The topological polar surface area (TPSA) is 114 Å². The normalized spacial score (nSPS) is 15.5. The van der Waals surface area contributed by atoms with Crippen LogP contribution in [0.4, 0.5) is 18.9 Å². The van der Waals surface area contributed by atoms with Crippen molar-refractivity contribution in [1.82, 2.24) is 10.6 Å². The maximum atomic E-state index is 13.6. The summed E-state index contributed by atoms with van der Waals surface area (Å²) in [6.07, 6.45) is -3.86. The number of nitrogens with zero attached hydrogens (tertiary/aromatic N) is 1. The Morgan fingerprint density at radius 1 is 1.02 bits per heavy atom. The quantitative estimate of drug-likeness (QED) is 0.346. The average molecular weight is 551 g/mol. The van der Waals surface area contributed by atoms with Gasteiger partial charge in [-0.2, -0.15) is 18.4 Å². The van der Waals surface area contributed by atoms with Crippen molar-refractivity contribution in [3.8, 4) is 17.2 Å². The Morgan fingerprint density at radius 2 is 1.70 bits per heavy atom. The fraction of sp³-hybridized carbons (Fsp3) is 0.300. The minimum absolute atomic E-state index is 0.0745. The van der Waals surface area contributed by atoms with Gasteiger partial charge in [0.05, 0.1) is 17.2 Å². The van der Waals surface area contributed by atoms with E-state index in [4.69, 9.17) is 5.26 Å². The highest BCUT2D eigenvalue weighted by molar-refractivity contribution is 5.98. The minimum atomic E-state index is -4.79. The van der Waals surface area contributed by atoms with Crippen LogP contribution in [0.1, 0.15) is 39.9 Å². The molecule has 10 heteroatoms. The molecule has 0 radical (unpaired) electrons. The van der Waals surface area contributed by atoms with Crippen molar-refractivity contribution in [1.29, 1.82) is 5.26 Å². The van der Waals surface area contributed by atoms with E-state index in [2.05, 4.69) is 16.0 Å². The molecule has 2 amide bonds. The van der Waals surface area contributed by atoms with Gasteiger partial charge in [-0.25, -0.2) is 0 Å². The molecule has 1 fully saturated rings. The minimum Gasteiger partial charge on any atom is -0.379 e. The van der Waals surface area contributed by atoms with E-state index < -0.39 is 34.7 Å². The van der Waals surface area contributed by atoms with Crippen molar-refractivity contribution in [2.24, 2.45) is 5.92 Å². The molecule has 0 spiro atoms. The second-order valence-corrected chi connectivity index (χ2v) is 9.81. The third-order valence-electron chi connectivity index (χ3n) is 7.20. The van der Waals surface area contributed by atoms with E-state index in [0.29, 0.717) is 43.1 Å². The lowest BCUT2D eigenvalue weighted by atomic mass is 9.76. The predicted octanol–water partition coefficient (Wildman–Crippen LogP) is 4.52. The molecule has 0 aliphatic carbocycles. The molecule has 0 saturated carbocycles. The number of rotatable bonds is 7. The Labute approximate surface area is 230 Å². The summed E-state index contributed by atoms with van der Waals surface area (Å²) in [6.45, 7) is 1.17. The number of piperidine rings is 1. The van der Waals surface area contributed by atoms with Gasteiger partial charge < -0.3 is 21.1 Å². The van der Waals surface area contributed by atoms with Gasteiger partial charge in [0, 0.05) is 24.7 Å². The Hall–Kier alpha value is -4.20. The number of benzene rings is 3. The van der Waals surface area contributed by atoms with Gasteiger partial charge in [-0.3, -0.25) is 9.59 Å². The summed E-state index contributed by atoms with van der Waals surface area (Å²) in [6, 6.07) is 18.7. The molecule has 1 saturated heterocycles. The largest absolute Gasteiger partial charge is 0.417 e. The molecule has 0 aromatic heterocycles. The van der Waals surface area contributed by atoms with Gasteiger partial charge in [-0.1, -0.05) is 36.4 Å². The molecule has 1 aliphatic heterocycles. The zero-order chi connectivity index (χ0) is 28.9. The van der Waals surface area contributed by atoms with Crippen LogP contribution in [0.25, 0.3) is 11.1 Å². The Morgan fingerprint density at radius 3 is 2.35 bits per heavy atom. The van der Waals surface area contributed by atoms with Crippen LogP contribution in [-0.2, 0) is 17.4 Å². The highest BCUT2D eigenvalue weighted by Gasteiger charge is 2.44. The fourth-order valence-electron chi connectivity index (χ4n) is 5.06. The van der Waals surface area contributed by atoms with E-state index in [1.54, 1.807) is 37.4 Å². The van der Waals surface area contributed by atoms with Crippen LogP contribution in [0.2, 0.25) is 0 Å². The van der Waals surface area contributed by atoms with Crippen molar-refractivity contribution < 1.29 is 27.9 Å². The molecule has 208 valence electrons. The molecule has 7 nitrogen and oxygen atoms in total. The number of hydrogen-bond acceptors (Lipinski definition) is 5. The van der Waals surface area contributed by atoms with Crippen LogP contribution in [0.15, 0.2) is 66.7 Å². The van der Waals surface area contributed by atoms with Crippen LogP contribution in [0, 0.1) is 17.2 Å². The number of anilines is 1. The van der Waals surface area contributed by atoms with Crippen molar-refractivity contribution in [2.75, 3.05) is 25.5 Å². The van der Waals surface area contributed by atoms with E-state index in [9.17, 15) is 27.9 Å². The number of hydrogen-bond donors (Lipinski definition) is 4. The first kappa shape index (κ1) is 28.8. The first-order valence-corrected chi connectivity index (χ1v) is 12.8. The van der Waals surface area contributed by atoms with E-state index in [1.165, 1.54) is 12.1 Å². The average Bonchev–Trinajstić information content (AvgIpc) is 2.96. The standard InChI is InChI=1S/C30H29F3N4O3/c1-35-27(38)22-7-3-6-21(15-22)20-5-2-4-19(14-20)17-29(40,24-10-12-36-13-11-24)28(39)37-25-9-8-23(18-34)26(16-25)30(31,32)33/h2-9,14-16,24,36,40H,10-13,17H2,1H3,(H,35,38)(H,37,39). The van der Waals surface area contributed by atoms with E-state index in [0.717, 1.165) is 17.2 Å². The zero-order valence-electron chi connectivity index (χ0n) is 21.8.